The van der Waals surface area contributed by atoms with E-state index in [9.17, 15) is 4.79 Å². The van der Waals surface area contributed by atoms with Crippen molar-refractivity contribution >= 4 is 41.1 Å². The number of halogens is 1. The van der Waals surface area contributed by atoms with Crippen LogP contribution in [0.1, 0.15) is 5.56 Å². The third-order valence-corrected chi connectivity index (χ3v) is 4.34. The summed E-state index contributed by atoms with van der Waals surface area (Å²) in [5, 5.41) is 4.54. The SMILES string of the molecule is O=C1ON=C(CSc2ccccc2)/C1=C/c1ccc(Cl)cc1. The van der Waals surface area contributed by atoms with Gasteiger partial charge >= 0.3 is 5.97 Å². The van der Waals surface area contributed by atoms with Crippen molar-refractivity contribution in [2.45, 2.75) is 4.90 Å². The second-order valence-electron chi connectivity index (χ2n) is 4.63. The Hall–Kier alpha value is -2.04. The zero-order valence-corrected chi connectivity index (χ0v) is 13.1. The van der Waals surface area contributed by atoms with Gasteiger partial charge in [0, 0.05) is 15.7 Å². The van der Waals surface area contributed by atoms with Crippen LogP contribution in [0.25, 0.3) is 6.08 Å². The van der Waals surface area contributed by atoms with Gasteiger partial charge < -0.3 is 4.84 Å². The van der Waals surface area contributed by atoms with Gasteiger partial charge in [0.15, 0.2) is 0 Å². The first kappa shape index (κ1) is 14.9. The Bertz CT molecular complexity index is 739. The number of rotatable bonds is 4. The van der Waals surface area contributed by atoms with E-state index in [-0.39, 0.29) is 0 Å². The predicted molar refractivity (Wildman–Crippen MR) is 90.1 cm³/mol. The Morgan fingerprint density at radius 1 is 1.09 bits per heavy atom. The molecule has 2 aromatic carbocycles. The van der Waals surface area contributed by atoms with Crippen LogP contribution in [0.5, 0.6) is 0 Å². The Balaban J connectivity index is 1.76. The molecule has 0 unspecified atom stereocenters. The highest BCUT2D eigenvalue weighted by molar-refractivity contribution is 8.00. The van der Waals surface area contributed by atoms with Crippen LogP contribution in [-0.4, -0.2) is 17.4 Å². The van der Waals surface area contributed by atoms with E-state index in [4.69, 9.17) is 16.4 Å². The lowest BCUT2D eigenvalue weighted by Gasteiger charge is -2.01. The molecule has 1 aliphatic heterocycles. The highest BCUT2D eigenvalue weighted by Gasteiger charge is 2.25. The molecule has 0 saturated carbocycles. The van der Waals surface area contributed by atoms with Crippen molar-refractivity contribution in [3.63, 3.8) is 0 Å². The summed E-state index contributed by atoms with van der Waals surface area (Å²) in [6.45, 7) is 0. The van der Waals surface area contributed by atoms with E-state index >= 15 is 0 Å². The van der Waals surface area contributed by atoms with Crippen molar-refractivity contribution in [1.29, 1.82) is 0 Å². The molecule has 1 heterocycles. The van der Waals surface area contributed by atoms with Gasteiger partial charge in [0.05, 0.1) is 5.57 Å². The molecule has 0 saturated heterocycles. The number of hydrogen-bond donors (Lipinski definition) is 0. The van der Waals surface area contributed by atoms with Crippen molar-refractivity contribution < 1.29 is 9.63 Å². The van der Waals surface area contributed by atoms with Gasteiger partial charge in [0.25, 0.3) is 0 Å². The van der Waals surface area contributed by atoms with Gasteiger partial charge in [0.2, 0.25) is 0 Å². The number of thioether (sulfide) groups is 1. The number of benzene rings is 2. The summed E-state index contributed by atoms with van der Waals surface area (Å²) in [4.78, 5) is 17.8. The standard InChI is InChI=1S/C17H12ClNO2S/c18-13-8-6-12(7-9-13)10-15-16(19-21-17(15)20)11-22-14-4-2-1-3-5-14/h1-10H,11H2/b15-10-. The molecule has 0 amide bonds. The first-order valence-electron chi connectivity index (χ1n) is 6.66. The molecule has 0 bridgehead atoms. The molecular formula is C17H12ClNO2S. The summed E-state index contributed by atoms with van der Waals surface area (Å²) in [6, 6.07) is 17.2. The second kappa shape index (κ2) is 6.81. The molecule has 3 nitrogen and oxygen atoms in total. The minimum Gasteiger partial charge on any atom is -0.312 e. The van der Waals surface area contributed by atoms with Crippen molar-refractivity contribution in [3.8, 4) is 0 Å². The molecule has 0 radical (unpaired) electrons. The lowest BCUT2D eigenvalue weighted by Crippen LogP contribution is -2.07. The minimum atomic E-state index is -0.418. The van der Waals surface area contributed by atoms with Gasteiger partial charge in [0.1, 0.15) is 5.71 Å². The third kappa shape index (κ3) is 3.59. The third-order valence-electron chi connectivity index (χ3n) is 3.07. The quantitative estimate of drug-likeness (QED) is 0.473. The van der Waals surface area contributed by atoms with Crippen LogP contribution in [0.2, 0.25) is 5.02 Å². The molecule has 0 fully saturated rings. The summed E-state index contributed by atoms with van der Waals surface area (Å²) < 4.78 is 0. The number of oxime groups is 1. The summed E-state index contributed by atoms with van der Waals surface area (Å²) in [7, 11) is 0. The van der Waals surface area contributed by atoms with E-state index in [0.717, 1.165) is 10.5 Å². The summed E-state index contributed by atoms with van der Waals surface area (Å²) in [6.07, 6.45) is 1.77. The lowest BCUT2D eigenvalue weighted by molar-refractivity contribution is -0.136. The number of carbonyl (C=O) groups is 1. The molecule has 0 spiro atoms. The van der Waals surface area contributed by atoms with Gasteiger partial charge in [-0.05, 0) is 35.9 Å². The normalized spacial score (nSPS) is 15.8. The summed E-state index contributed by atoms with van der Waals surface area (Å²) in [5.74, 6) is 0.161. The molecule has 2 aromatic rings. The average Bonchev–Trinajstić information content (AvgIpc) is 2.89. The predicted octanol–water partition coefficient (Wildman–Crippen LogP) is 4.43. The van der Waals surface area contributed by atoms with Crippen LogP contribution < -0.4 is 0 Å². The Kier molecular flexibility index (Phi) is 4.61. The maximum absolute atomic E-state index is 11.8. The van der Waals surface area contributed by atoms with E-state index in [1.54, 1.807) is 30.0 Å². The van der Waals surface area contributed by atoms with Crippen molar-refractivity contribution in [1.82, 2.24) is 0 Å². The Morgan fingerprint density at radius 2 is 1.82 bits per heavy atom. The lowest BCUT2D eigenvalue weighted by atomic mass is 10.1. The molecule has 0 aliphatic carbocycles. The van der Waals surface area contributed by atoms with E-state index in [2.05, 4.69) is 5.16 Å². The fourth-order valence-corrected chi connectivity index (χ4v) is 2.94. The van der Waals surface area contributed by atoms with E-state index in [1.165, 1.54) is 0 Å². The number of nitrogens with zero attached hydrogens (tertiary/aromatic N) is 1. The molecule has 22 heavy (non-hydrogen) atoms. The highest BCUT2D eigenvalue weighted by Crippen LogP contribution is 2.23. The topological polar surface area (TPSA) is 38.7 Å². The minimum absolute atomic E-state index is 0.418. The number of carbonyl (C=O) groups excluding carboxylic acids is 1. The number of hydrogen-bond acceptors (Lipinski definition) is 4. The fourth-order valence-electron chi connectivity index (χ4n) is 1.95. The molecule has 3 rings (SSSR count). The van der Waals surface area contributed by atoms with Crippen LogP contribution in [-0.2, 0) is 9.63 Å². The Morgan fingerprint density at radius 3 is 2.55 bits per heavy atom. The van der Waals surface area contributed by atoms with Crippen LogP contribution in [0.4, 0.5) is 0 Å². The van der Waals surface area contributed by atoms with E-state index < -0.39 is 5.97 Å². The van der Waals surface area contributed by atoms with Crippen molar-refractivity contribution in [2.24, 2.45) is 5.16 Å². The monoisotopic (exact) mass is 329 g/mol. The van der Waals surface area contributed by atoms with Crippen LogP contribution in [0.3, 0.4) is 0 Å². The fraction of sp³-hybridized carbons (Fsp3) is 0.0588. The first-order valence-corrected chi connectivity index (χ1v) is 8.02. The van der Waals surface area contributed by atoms with Crippen LogP contribution in [0.15, 0.2) is 70.2 Å². The van der Waals surface area contributed by atoms with Gasteiger partial charge in [-0.3, -0.25) is 0 Å². The zero-order chi connectivity index (χ0) is 15.4. The molecule has 5 heteroatoms. The summed E-state index contributed by atoms with van der Waals surface area (Å²) in [5.41, 5.74) is 2.02. The molecular weight excluding hydrogens is 318 g/mol. The van der Waals surface area contributed by atoms with Crippen LogP contribution in [0, 0.1) is 0 Å². The Labute approximate surface area is 137 Å². The van der Waals surface area contributed by atoms with Gasteiger partial charge in [-0.2, -0.15) is 0 Å². The van der Waals surface area contributed by atoms with Gasteiger partial charge in [-0.15, -0.1) is 11.8 Å². The maximum atomic E-state index is 11.8. The highest BCUT2D eigenvalue weighted by atomic mass is 35.5. The second-order valence-corrected chi connectivity index (χ2v) is 6.11. The smallest absolute Gasteiger partial charge is 0.312 e. The van der Waals surface area contributed by atoms with Crippen molar-refractivity contribution in [3.05, 3.63) is 70.8 Å². The summed E-state index contributed by atoms with van der Waals surface area (Å²) >= 11 is 7.48. The van der Waals surface area contributed by atoms with E-state index in [0.29, 0.717) is 22.1 Å². The van der Waals surface area contributed by atoms with E-state index in [1.807, 2.05) is 42.5 Å². The van der Waals surface area contributed by atoms with Gasteiger partial charge in [-0.25, -0.2) is 4.79 Å². The van der Waals surface area contributed by atoms with Crippen molar-refractivity contribution in [2.75, 3.05) is 5.75 Å². The largest absolute Gasteiger partial charge is 0.367 e. The van der Waals surface area contributed by atoms with Gasteiger partial charge in [-0.1, -0.05) is 47.1 Å². The zero-order valence-electron chi connectivity index (χ0n) is 11.5. The first-order chi connectivity index (χ1) is 10.7. The molecule has 1 aliphatic rings. The average molecular weight is 330 g/mol. The molecule has 0 aromatic heterocycles. The van der Waals surface area contributed by atoms with Crippen LogP contribution >= 0.6 is 23.4 Å². The molecule has 0 atom stereocenters. The maximum Gasteiger partial charge on any atom is 0.367 e. The molecule has 110 valence electrons. The molecule has 0 N–H and O–H groups in total.